The van der Waals surface area contributed by atoms with Crippen LogP contribution in [0, 0.1) is 0 Å². The van der Waals surface area contributed by atoms with Gasteiger partial charge in [-0.1, -0.05) is 18.2 Å². The number of rotatable bonds is 3. The number of hydrogen-bond acceptors (Lipinski definition) is 3. The fourth-order valence-electron chi connectivity index (χ4n) is 2.11. The van der Waals surface area contributed by atoms with Crippen LogP contribution >= 0.6 is 0 Å². The first-order chi connectivity index (χ1) is 7.72. The van der Waals surface area contributed by atoms with Gasteiger partial charge in [0, 0.05) is 11.5 Å². The Kier molecular flexibility index (Phi) is 3.10. The minimum Gasteiger partial charge on any atom is -0.493 e. The second-order valence-corrected chi connectivity index (χ2v) is 3.98. The summed E-state index contributed by atoms with van der Waals surface area (Å²) in [5.41, 5.74) is 7.49. The van der Waals surface area contributed by atoms with E-state index in [2.05, 4.69) is 0 Å². The van der Waals surface area contributed by atoms with Crippen LogP contribution in [0.25, 0.3) is 0 Å². The van der Waals surface area contributed by atoms with Gasteiger partial charge in [-0.3, -0.25) is 4.79 Å². The van der Waals surface area contributed by atoms with Crippen LogP contribution in [0.4, 0.5) is 0 Å². The van der Waals surface area contributed by atoms with Crippen molar-refractivity contribution in [3.05, 3.63) is 29.3 Å². The summed E-state index contributed by atoms with van der Waals surface area (Å²) in [5.74, 6) is 0.177. The van der Waals surface area contributed by atoms with Crippen LogP contribution in [0.1, 0.15) is 23.5 Å². The molecular formula is C12H15NO3. The number of carboxylic acids is 1. The number of carboxylic acid groups (broad SMARTS) is 1. The molecular weight excluding hydrogens is 206 g/mol. The lowest BCUT2D eigenvalue weighted by Gasteiger charge is -2.26. The highest BCUT2D eigenvalue weighted by Gasteiger charge is 2.22. The first-order valence-corrected chi connectivity index (χ1v) is 5.39. The molecule has 2 rings (SSSR count). The molecule has 0 saturated carbocycles. The molecule has 0 saturated heterocycles. The second-order valence-electron chi connectivity index (χ2n) is 3.98. The molecule has 0 radical (unpaired) electrons. The molecule has 4 nitrogen and oxygen atoms in total. The Hall–Kier alpha value is -1.55. The Bertz CT molecular complexity index is 403. The lowest BCUT2D eigenvalue weighted by molar-refractivity contribution is -0.136. The number of benzene rings is 1. The van der Waals surface area contributed by atoms with Gasteiger partial charge in [0.05, 0.1) is 13.0 Å². The summed E-state index contributed by atoms with van der Waals surface area (Å²) in [6, 6.07) is 5.64. The molecule has 0 bridgehead atoms. The predicted octanol–water partition coefficient (Wildman–Crippen LogP) is 1.14. The first kappa shape index (κ1) is 11.0. The molecule has 0 fully saturated rings. The standard InChI is InChI=1S/C12H15NO3/c13-7-9-4-5-16-12-8(6-11(14)15)2-1-3-10(9)12/h1-3,9H,4-7,13H2,(H,14,15). The first-order valence-electron chi connectivity index (χ1n) is 5.39. The van der Waals surface area contributed by atoms with Gasteiger partial charge in [-0.2, -0.15) is 0 Å². The van der Waals surface area contributed by atoms with Crippen molar-refractivity contribution in [3.8, 4) is 5.75 Å². The van der Waals surface area contributed by atoms with Crippen molar-refractivity contribution >= 4 is 5.97 Å². The predicted molar refractivity (Wildman–Crippen MR) is 59.7 cm³/mol. The van der Waals surface area contributed by atoms with E-state index in [0.29, 0.717) is 13.2 Å². The lowest BCUT2D eigenvalue weighted by atomic mass is 9.91. The van der Waals surface area contributed by atoms with Crippen LogP contribution in [-0.2, 0) is 11.2 Å². The minimum absolute atomic E-state index is 0.000461. The SMILES string of the molecule is NCC1CCOc2c(CC(=O)O)cccc21. The van der Waals surface area contributed by atoms with Crippen LogP contribution in [0.5, 0.6) is 5.75 Å². The van der Waals surface area contributed by atoms with E-state index in [0.717, 1.165) is 23.3 Å². The largest absolute Gasteiger partial charge is 0.493 e. The number of para-hydroxylation sites is 1. The van der Waals surface area contributed by atoms with Crippen LogP contribution < -0.4 is 10.5 Å². The smallest absolute Gasteiger partial charge is 0.307 e. The number of hydrogen-bond donors (Lipinski definition) is 2. The van der Waals surface area contributed by atoms with Crippen molar-refractivity contribution in [1.82, 2.24) is 0 Å². The van der Waals surface area contributed by atoms with Crippen molar-refractivity contribution < 1.29 is 14.6 Å². The van der Waals surface area contributed by atoms with E-state index in [1.165, 1.54) is 0 Å². The Balaban J connectivity index is 2.38. The van der Waals surface area contributed by atoms with Crippen LogP contribution in [0.3, 0.4) is 0 Å². The van der Waals surface area contributed by atoms with Crippen molar-refractivity contribution in [3.63, 3.8) is 0 Å². The van der Waals surface area contributed by atoms with E-state index in [1.54, 1.807) is 6.07 Å². The Labute approximate surface area is 94.0 Å². The number of nitrogens with two attached hydrogens (primary N) is 1. The van der Waals surface area contributed by atoms with E-state index in [-0.39, 0.29) is 12.3 Å². The zero-order valence-electron chi connectivity index (χ0n) is 8.98. The molecule has 1 atom stereocenters. The number of ether oxygens (including phenoxy) is 1. The molecule has 86 valence electrons. The van der Waals surface area contributed by atoms with Crippen LogP contribution in [0.2, 0.25) is 0 Å². The fourth-order valence-corrected chi connectivity index (χ4v) is 2.11. The van der Waals surface area contributed by atoms with Gasteiger partial charge < -0.3 is 15.6 Å². The van der Waals surface area contributed by atoms with E-state index in [9.17, 15) is 4.79 Å². The average molecular weight is 221 g/mol. The number of aliphatic carboxylic acids is 1. The Morgan fingerprint density at radius 1 is 1.56 bits per heavy atom. The molecule has 1 aliphatic rings. The molecule has 0 aromatic heterocycles. The normalized spacial score (nSPS) is 18.7. The molecule has 16 heavy (non-hydrogen) atoms. The van der Waals surface area contributed by atoms with Gasteiger partial charge in [-0.05, 0) is 18.5 Å². The van der Waals surface area contributed by atoms with Gasteiger partial charge >= 0.3 is 5.97 Å². The average Bonchev–Trinajstić information content (AvgIpc) is 2.28. The van der Waals surface area contributed by atoms with Gasteiger partial charge in [0.1, 0.15) is 5.75 Å². The summed E-state index contributed by atoms with van der Waals surface area (Å²) in [7, 11) is 0. The van der Waals surface area contributed by atoms with Gasteiger partial charge in [-0.25, -0.2) is 0 Å². The highest BCUT2D eigenvalue weighted by Crippen LogP contribution is 2.35. The second kappa shape index (κ2) is 4.53. The topological polar surface area (TPSA) is 72.5 Å². The van der Waals surface area contributed by atoms with Crippen molar-refractivity contribution in [2.24, 2.45) is 5.73 Å². The van der Waals surface area contributed by atoms with Crippen molar-refractivity contribution in [1.29, 1.82) is 0 Å². The molecule has 1 aliphatic heterocycles. The summed E-state index contributed by atoms with van der Waals surface area (Å²) in [6.45, 7) is 1.19. The van der Waals surface area contributed by atoms with Gasteiger partial charge in [0.25, 0.3) is 0 Å². The molecule has 0 amide bonds. The molecule has 1 aromatic rings. The van der Waals surface area contributed by atoms with Crippen LogP contribution in [-0.4, -0.2) is 24.2 Å². The van der Waals surface area contributed by atoms with Crippen molar-refractivity contribution in [2.75, 3.05) is 13.2 Å². The van der Waals surface area contributed by atoms with E-state index in [4.69, 9.17) is 15.6 Å². The molecule has 4 heteroatoms. The minimum atomic E-state index is -0.841. The zero-order valence-corrected chi connectivity index (χ0v) is 8.98. The molecule has 3 N–H and O–H groups in total. The van der Waals surface area contributed by atoms with Crippen molar-refractivity contribution in [2.45, 2.75) is 18.8 Å². The molecule has 0 aliphatic carbocycles. The van der Waals surface area contributed by atoms with Gasteiger partial charge in [-0.15, -0.1) is 0 Å². The van der Waals surface area contributed by atoms with Gasteiger partial charge in [0.2, 0.25) is 0 Å². The molecule has 1 heterocycles. The fraction of sp³-hybridized carbons (Fsp3) is 0.417. The lowest BCUT2D eigenvalue weighted by Crippen LogP contribution is -2.22. The molecule has 1 unspecified atom stereocenters. The maximum atomic E-state index is 10.7. The summed E-state index contributed by atoms with van der Waals surface area (Å²) in [6.07, 6.45) is 0.903. The Morgan fingerprint density at radius 3 is 3.06 bits per heavy atom. The number of carbonyl (C=O) groups is 1. The quantitative estimate of drug-likeness (QED) is 0.802. The highest BCUT2D eigenvalue weighted by atomic mass is 16.5. The summed E-state index contributed by atoms with van der Waals surface area (Å²) >= 11 is 0. The highest BCUT2D eigenvalue weighted by molar-refractivity contribution is 5.71. The third-order valence-corrected chi connectivity index (χ3v) is 2.91. The molecule has 1 aromatic carbocycles. The monoisotopic (exact) mass is 221 g/mol. The van der Waals surface area contributed by atoms with Crippen LogP contribution in [0.15, 0.2) is 18.2 Å². The van der Waals surface area contributed by atoms with E-state index < -0.39 is 5.97 Å². The van der Waals surface area contributed by atoms with E-state index in [1.807, 2.05) is 12.1 Å². The summed E-state index contributed by atoms with van der Waals surface area (Å²) < 4.78 is 5.57. The molecule has 0 spiro atoms. The third kappa shape index (κ3) is 2.02. The maximum Gasteiger partial charge on any atom is 0.307 e. The van der Waals surface area contributed by atoms with Gasteiger partial charge in [0.15, 0.2) is 0 Å². The third-order valence-electron chi connectivity index (χ3n) is 2.91. The summed E-state index contributed by atoms with van der Waals surface area (Å²) in [5, 5.41) is 8.81. The maximum absolute atomic E-state index is 10.7. The number of fused-ring (bicyclic) bond motifs is 1. The summed E-state index contributed by atoms with van der Waals surface area (Å²) in [4.78, 5) is 10.7. The zero-order chi connectivity index (χ0) is 11.5. The Morgan fingerprint density at radius 2 is 2.38 bits per heavy atom. The van der Waals surface area contributed by atoms with E-state index >= 15 is 0 Å².